The molecule has 1 N–H and O–H groups in total. The van der Waals surface area contributed by atoms with Crippen LogP contribution in [0.1, 0.15) is 30.0 Å². The summed E-state index contributed by atoms with van der Waals surface area (Å²) in [4.78, 5) is 0. The van der Waals surface area contributed by atoms with E-state index in [-0.39, 0.29) is 5.82 Å². The van der Waals surface area contributed by atoms with Crippen LogP contribution in [0.3, 0.4) is 0 Å². The first-order valence-corrected chi connectivity index (χ1v) is 7.32. The van der Waals surface area contributed by atoms with E-state index >= 15 is 0 Å². The first kappa shape index (κ1) is 13.7. The second kappa shape index (κ2) is 5.58. The maximum Gasteiger partial charge on any atom is 0.123 e. The quantitative estimate of drug-likeness (QED) is 0.881. The van der Waals surface area contributed by atoms with Crippen LogP contribution in [0.25, 0.3) is 0 Å². The molecule has 0 saturated heterocycles. The van der Waals surface area contributed by atoms with Crippen molar-refractivity contribution in [3.8, 4) is 0 Å². The average Bonchev–Trinajstić information content (AvgIpc) is 3.15. The van der Waals surface area contributed by atoms with Gasteiger partial charge in [0.15, 0.2) is 0 Å². The van der Waals surface area contributed by atoms with E-state index < -0.39 is 0 Å². The molecule has 2 aromatic rings. The molecule has 1 atom stereocenters. The molecule has 3 rings (SSSR count). The Morgan fingerprint density at radius 2 is 2.20 bits per heavy atom. The first-order valence-electron chi connectivity index (χ1n) is 6.94. The fourth-order valence-electron chi connectivity index (χ4n) is 2.71. The minimum absolute atomic E-state index is 0.247. The maximum absolute atomic E-state index is 13.3. The van der Waals surface area contributed by atoms with Gasteiger partial charge in [-0.25, -0.2) is 4.39 Å². The molecule has 1 saturated carbocycles. The molecular weight excluding hydrogens is 275 g/mol. The predicted molar refractivity (Wildman–Crippen MR) is 79.5 cm³/mol. The summed E-state index contributed by atoms with van der Waals surface area (Å²) < 4.78 is 15.3. The van der Waals surface area contributed by atoms with Gasteiger partial charge in [0.2, 0.25) is 0 Å². The van der Waals surface area contributed by atoms with Crippen LogP contribution in [0.15, 0.2) is 36.7 Å². The Morgan fingerprint density at radius 1 is 1.40 bits per heavy atom. The molecule has 1 aliphatic carbocycles. The summed E-state index contributed by atoms with van der Waals surface area (Å²) in [5.74, 6) is 0.511. The zero-order chi connectivity index (χ0) is 14.1. The molecule has 20 heavy (non-hydrogen) atoms. The molecule has 2 nitrogen and oxygen atoms in total. The van der Waals surface area contributed by atoms with Gasteiger partial charge in [0.1, 0.15) is 5.82 Å². The van der Waals surface area contributed by atoms with Crippen LogP contribution < -0.4 is 5.32 Å². The van der Waals surface area contributed by atoms with E-state index in [0.717, 1.165) is 11.5 Å². The van der Waals surface area contributed by atoms with E-state index in [0.29, 0.717) is 17.6 Å². The van der Waals surface area contributed by atoms with Gasteiger partial charge in [-0.15, -0.1) is 0 Å². The van der Waals surface area contributed by atoms with Gasteiger partial charge >= 0.3 is 0 Å². The molecule has 1 heterocycles. The third-order valence-electron chi connectivity index (χ3n) is 3.90. The van der Waals surface area contributed by atoms with Gasteiger partial charge in [0.05, 0.1) is 0 Å². The van der Waals surface area contributed by atoms with Crippen molar-refractivity contribution in [2.45, 2.75) is 25.4 Å². The fourth-order valence-corrected chi connectivity index (χ4v) is 2.88. The van der Waals surface area contributed by atoms with Crippen molar-refractivity contribution >= 4 is 11.6 Å². The molecule has 1 aromatic carbocycles. The highest BCUT2D eigenvalue weighted by atomic mass is 35.5. The molecule has 1 fully saturated rings. The highest BCUT2D eigenvalue weighted by molar-refractivity contribution is 6.31. The van der Waals surface area contributed by atoms with Gasteiger partial charge in [0.25, 0.3) is 0 Å². The summed E-state index contributed by atoms with van der Waals surface area (Å²) in [5.41, 5.74) is 2.10. The van der Waals surface area contributed by atoms with E-state index in [2.05, 4.69) is 22.1 Å². The van der Waals surface area contributed by atoms with Crippen LogP contribution in [-0.2, 0) is 6.54 Å². The molecular formula is C16H18ClFN2. The summed E-state index contributed by atoms with van der Waals surface area (Å²) in [6, 6.07) is 7.05. The van der Waals surface area contributed by atoms with Gasteiger partial charge in [0, 0.05) is 30.0 Å². The van der Waals surface area contributed by atoms with Gasteiger partial charge in [-0.1, -0.05) is 11.6 Å². The minimum atomic E-state index is -0.247. The highest BCUT2D eigenvalue weighted by Crippen LogP contribution is 2.40. The molecule has 0 spiro atoms. The normalized spacial score (nSPS) is 16.4. The predicted octanol–water partition coefficient (Wildman–Crippen LogP) is 4.00. The molecule has 0 radical (unpaired) electrons. The summed E-state index contributed by atoms with van der Waals surface area (Å²) >= 11 is 6.11. The third kappa shape index (κ3) is 2.89. The number of nitrogens with zero attached hydrogens (tertiary/aromatic N) is 1. The van der Waals surface area contributed by atoms with Crippen LogP contribution in [0, 0.1) is 11.7 Å². The Morgan fingerprint density at radius 3 is 2.90 bits per heavy atom. The topological polar surface area (TPSA) is 17.0 Å². The monoisotopic (exact) mass is 292 g/mol. The number of nitrogens with one attached hydrogen (secondary N) is 1. The number of aromatic nitrogens is 1. The SMILES string of the molecule is CNC(c1ccn(Cc2cc(F)ccc2Cl)c1)C1CC1. The Labute approximate surface area is 123 Å². The highest BCUT2D eigenvalue weighted by Gasteiger charge is 2.31. The Bertz CT molecular complexity index is 604. The molecule has 0 aliphatic heterocycles. The van der Waals surface area contributed by atoms with E-state index in [1.54, 1.807) is 6.07 Å². The number of benzene rings is 1. The fraction of sp³-hybridized carbons (Fsp3) is 0.375. The zero-order valence-corrected chi connectivity index (χ0v) is 12.2. The van der Waals surface area contributed by atoms with E-state index in [1.807, 2.05) is 13.2 Å². The van der Waals surface area contributed by atoms with Crippen molar-refractivity contribution in [2.24, 2.45) is 5.92 Å². The minimum Gasteiger partial charge on any atom is -0.350 e. The lowest BCUT2D eigenvalue weighted by Crippen LogP contribution is -2.17. The lowest BCUT2D eigenvalue weighted by Gasteiger charge is -2.13. The van der Waals surface area contributed by atoms with E-state index in [9.17, 15) is 4.39 Å². The van der Waals surface area contributed by atoms with Crippen molar-refractivity contribution in [3.63, 3.8) is 0 Å². The van der Waals surface area contributed by atoms with Crippen molar-refractivity contribution in [1.82, 2.24) is 9.88 Å². The lowest BCUT2D eigenvalue weighted by molar-refractivity contribution is 0.528. The van der Waals surface area contributed by atoms with Crippen LogP contribution >= 0.6 is 11.6 Å². The van der Waals surface area contributed by atoms with Gasteiger partial charge < -0.3 is 9.88 Å². The van der Waals surface area contributed by atoms with Gasteiger partial charge in [-0.05, 0) is 61.2 Å². The molecule has 0 amide bonds. The number of rotatable bonds is 5. The van der Waals surface area contributed by atoms with Crippen LogP contribution in [-0.4, -0.2) is 11.6 Å². The number of halogens is 2. The smallest absolute Gasteiger partial charge is 0.123 e. The van der Waals surface area contributed by atoms with Crippen LogP contribution in [0.2, 0.25) is 5.02 Å². The number of hydrogen-bond donors (Lipinski definition) is 1. The Hall–Kier alpha value is -1.32. The molecule has 1 aromatic heterocycles. The average molecular weight is 293 g/mol. The molecule has 1 aliphatic rings. The summed E-state index contributed by atoms with van der Waals surface area (Å²) in [7, 11) is 2.00. The van der Waals surface area contributed by atoms with Gasteiger partial charge in [-0.2, -0.15) is 0 Å². The van der Waals surface area contributed by atoms with E-state index in [4.69, 9.17) is 11.6 Å². The second-order valence-electron chi connectivity index (χ2n) is 5.46. The van der Waals surface area contributed by atoms with Crippen LogP contribution in [0.4, 0.5) is 4.39 Å². The Balaban J connectivity index is 1.78. The zero-order valence-electron chi connectivity index (χ0n) is 11.4. The first-order chi connectivity index (χ1) is 9.67. The summed E-state index contributed by atoms with van der Waals surface area (Å²) in [6.07, 6.45) is 6.75. The molecule has 106 valence electrons. The maximum atomic E-state index is 13.3. The summed E-state index contributed by atoms with van der Waals surface area (Å²) in [6.45, 7) is 0.595. The van der Waals surface area contributed by atoms with E-state index in [1.165, 1.54) is 30.5 Å². The van der Waals surface area contributed by atoms with Crippen molar-refractivity contribution in [2.75, 3.05) is 7.05 Å². The molecule has 0 bridgehead atoms. The Kier molecular flexibility index (Phi) is 3.81. The standard InChI is InChI=1S/C16H18ClFN2/c1-19-16(11-2-3-11)12-6-7-20(9-12)10-13-8-14(18)4-5-15(13)17/h4-9,11,16,19H,2-3,10H2,1H3. The third-order valence-corrected chi connectivity index (χ3v) is 4.27. The van der Waals surface area contributed by atoms with Gasteiger partial charge in [-0.3, -0.25) is 0 Å². The van der Waals surface area contributed by atoms with Crippen molar-refractivity contribution < 1.29 is 4.39 Å². The van der Waals surface area contributed by atoms with Crippen molar-refractivity contribution in [3.05, 3.63) is 58.6 Å². The van der Waals surface area contributed by atoms with Crippen LogP contribution in [0.5, 0.6) is 0 Å². The molecule has 4 heteroatoms. The lowest BCUT2D eigenvalue weighted by atomic mass is 10.1. The second-order valence-corrected chi connectivity index (χ2v) is 5.86. The summed E-state index contributed by atoms with van der Waals surface area (Å²) in [5, 5.41) is 3.98. The molecule has 1 unspecified atom stereocenters. The largest absolute Gasteiger partial charge is 0.350 e. The number of hydrogen-bond acceptors (Lipinski definition) is 1. The van der Waals surface area contributed by atoms with Crippen molar-refractivity contribution in [1.29, 1.82) is 0 Å².